The SMILES string of the molecule is CC1(S(=O)(=O)NC(=O)C2(N)CC2CC(F)F)CC1. The van der Waals surface area contributed by atoms with Crippen molar-refractivity contribution >= 4 is 15.9 Å². The van der Waals surface area contributed by atoms with E-state index in [0.717, 1.165) is 0 Å². The van der Waals surface area contributed by atoms with Crippen LogP contribution >= 0.6 is 0 Å². The van der Waals surface area contributed by atoms with Gasteiger partial charge in [-0.3, -0.25) is 9.52 Å². The smallest absolute Gasteiger partial charge is 0.253 e. The van der Waals surface area contributed by atoms with Gasteiger partial charge < -0.3 is 5.73 Å². The average molecular weight is 282 g/mol. The van der Waals surface area contributed by atoms with E-state index < -0.39 is 45.0 Å². The molecule has 3 N–H and O–H groups in total. The van der Waals surface area contributed by atoms with Gasteiger partial charge in [0.05, 0.1) is 10.3 Å². The van der Waals surface area contributed by atoms with E-state index in [1.807, 2.05) is 4.72 Å². The molecule has 104 valence electrons. The zero-order valence-electron chi connectivity index (χ0n) is 9.95. The van der Waals surface area contributed by atoms with Crippen molar-refractivity contribution in [3.05, 3.63) is 0 Å². The maximum Gasteiger partial charge on any atom is 0.253 e. The number of rotatable bonds is 5. The molecule has 2 atom stereocenters. The van der Waals surface area contributed by atoms with Crippen LogP contribution in [0.3, 0.4) is 0 Å². The first-order chi connectivity index (χ1) is 8.11. The predicted molar refractivity (Wildman–Crippen MR) is 60.3 cm³/mol. The van der Waals surface area contributed by atoms with Gasteiger partial charge in [0.2, 0.25) is 16.4 Å². The van der Waals surface area contributed by atoms with Crippen LogP contribution in [0.25, 0.3) is 0 Å². The van der Waals surface area contributed by atoms with Gasteiger partial charge in [0, 0.05) is 6.42 Å². The van der Waals surface area contributed by atoms with Gasteiger partial charge in [-0.15, -0.1) is 0 Å². The molecule has 1 amide bonds. The molecule has 8 heteroatoms. The Balaban J connectivity index is 1.98. The molecule has 2 saturated carbocycles. The molecule has 0 aromatic heterocycles. The van der Waals surface area contributed by atoms with Crippen molar-refractivity contribution in [3.8, 4) is 0 Å². The molecule has 0 bridgehead atoms. The molecule has 2 rings (SSSR count). The second-order valence-electron chi connectivity index (χ2n) is 5.45. The summed E-state index contributed by atoms with van der Waals surface area (Å²) in [6.07, 6.45) is -1.91. The number of carbonyl (C=O) groups is 1. The molecule has 0 radical (unpaired) electrons. The van der Waals surface area contributed by atoms with Crippen LogP contribution in [0, 0.1) is 5.92 Å². The highest BCUT2D eigenvalue weighted by Gasteiger charge is 2.60. The normalized spacial score (nSPS) is 33.3. The Morgan fingerprint density at radius 1 is 1.50 bits per heavy atom. The number of amides is 1. The van der Waals surface area contributed by atoms with E-state index >= 15 is 0 Å². The fraction of sp³-hybridized carbons (Fsp3) is 0.900. The quantitative estimate of drug-likeness (QED) is 0.762. The van der Waals surface area contributed by atoms with Crippen LogP contribution < -0.4 is 10.5 Å². The summed E-state index contributed by atoms with van der Waals surface area (Å²) in [4.78, 5) is 11.7. The molecule has 2 aliphatic rings. The minimum Gasteiger partial charge on any atom is -0.317 e. The Hall–Kier alpha value is -0.760. The summed E-state index contributed by atoms with van der Waals surface area (Å²) in [5, 5.41) is 0. The van der Waals surface area contributed by atoms with Gasteiger partial charge in [-0.1, -0.05) is 0 Å². The van der Waals surface area contributed by atoms with Gasteiger partial charge in [-0.25, -0.2) is 17.2 Å². The van der Waals surface area contributed by atoms with E-state index in [1.54, 1.807) is 0 Å². The number of halogens is 2. The van der Waals surface area contributed by atoms with E-state index in [0.29, 0.717) is 12.8 Å². The van der Waals surface area contributed by atoms with Crippen LogP contribution in [-0.2, 0) is 14.8 Å². The lowest BCUT2D eigenvalue weighted by atomic mass is 10.1. The lowest BCUT2D eigenvalue weighted by Gasteiger charge is -2.16. The van der Waals surface area contributed by atoms with Crippen LogP contribution in [0.2, 0.25) is 0 Å². The monoisotopic (exact) mass is 282 g/mol. The van der Waals surface area contributed by atoms with Crippen LogP contribution in [0.15, 0.2) is 0 Å². The lowest BCUT2D eigenvalue weighted by Crippen LogP contribution is -2.49. The average Bonchev–Trinajstić information content (AvgIpc) is 3.07. The number of carbonyl (C=O) groups excluding carboxylic acids is 1. The van der Waals surface area contributed by atoms with E-state index in [4.69, 9.17) is 5.73 Å². The van der Waals surface area contributed by atoms with Crippen LogP contribution in [0.4, 0.5) is 8.78 Å². The van der Waals surface area contributed by atoms with Gasteiger partial charge >= 0.3 is 0 Å². The molecule has 0 saturated heterocycles. The number of sulfonamides is 1. The first kappa shape index (κ1) is 13.7. The second-order valence-corrected chi connectivity index (χ2v) is 7.65. The first-order valence-corrected chi connectivity index (χ1v) is 7.23. The van der Waals surface area contributed by atoms with Crippen LogP contribution in [0.1, 0.15) is 32.6 Å². The Bertz CT molecular complexity index is 476. The number of nitrogens with two attached hydrogens (primary N) is 1. The highest BCUT2D eigenvalue weighted by Crippen LogP contribution is 2.46. The third kappa shape index (κ3) is 2.23. The summed E-state index contributed by atoms with van der Waals surface area (Å²) in [6.45, 7) is 1.54. The minimum atomic E-state index is -3.75. The maximum absolute atomic E-state index is 12.2. The molecule has 2 unspecified atom stereocenters. The van der Waals surface area contributed by atoms with Crippen molar-refractivity contribution < 1.29 is 22.0 Å². The third-order valence-corrected chi connectivity index (χ3v) is 6.03. The first-order valence-electron chi connectivity index (χ1n) is 5.74. The van der Waals surface area contributed by atoms with E-state index in [9.17, 15) is 22.0 Å². The second kappa shape index (κ2) is 3.86. The summed E-state index contributed by atoms with van der Waals surface area (Å²) in [5.41, 5.74) is 4.19. The third-order valence-electron chi connectivity index (χ3n) is 3.87. The molecule has 2 aliphatic carbocycles. The zero-order valence-corrected chi connectivity index (χ0v) is 10.8. The summed E-state index contributed by atoms with van der Waals surface area (Å²) in [6, 6.07) is 0. The Morgan fingerprint density at radius 3 is 2.50 bits per heavy atom. The molecule has 0 heterocycles. The number of hydrogen-bond acceptors (Lipinski definition) is 4. The molecular weight excluding hydrogens is 266 g/mol. The van der Waals surface area contributed by atoms with E-state index in [2.05, 4.69) is 0 Å². The highest BCUT2D eigenvalue weighted by atomic mass is 32.2. The minimum absolute atomic E-state index is 0.107. The number of hydrogen-bond donors (Lipinski definition) is 2. The maximum atomic E-state index is 12.2. The van der Waals surface area contributed by atoms with Crippen molar-refractivity contribution in [2.45, 2.75) is 49.3 Å². The molecule has 0 spiro atoms. The summed E-state index contributed by atoms with van der Waals surface area (Å²) in [7, 11) is -3.75. The molecule has 0 aromatic carbocycles. The van der Waals surface area contributed by atoms with Crippen molar-refractivity contribution in [2.24, 2.45) is 11.7 Å². The van der Waals surface area contributed by atoms with Gasteiger partial charge in [-0.2, -0.15) is 0 Å². The van der Waals surface area contributed by atoms with E-state index in [1.165, 1.54) is 6.92 Å². The molecule has 0 aromatic rings. The van der Waals surface area contributed by atoms with E-state index in [-0.39, 0.29) is 6.42 Å². The molecule has 2 fully saturated rings. The van der Waals surface area contributed by atoms with Crippen LogP contribution in [-0.4, -0.2) is 31.0 Å². The largest absolute Gasteiger partial charge is 0.317 e. The number of nitrogens with one attached hydrogen (secondary N) is 1. The van der Waals surface area contributed by atoms with Crippen molar-refractivity contribution in [1.29, 1.82) is 0 Å². The predicted octanol–water partition coefficient (Wildman–Crippen LogP) is 0.357. The Labute approximate surface area is 104 Å². The van der Waals surface area contributed by atoms with Gasteiger partial charge in [0.25, 0.3) is 5.91 Å². The Kier molecular flexibility index (Phi) is 2.93. The zero-order chi connectivity index (χ0) is 13.8. The molecule has 5 nitrogen and oxygen atoms in total. The molecule has 0 aliphatic heterocycles. The molecule has 18 heavy (non-hydrogen) atoms. The van der Waals surface area contributed by atoms with Gasteiger partial charge in [0.1, 0.15) is 0 Å². The van der Waals surface area contributed by atoms with Crippen molar-refractivity contribution in [2.75, 3.05) is 0 Å². The fourth-order valence-corrected chi connectivity index (χ4v) is 3.24. The summed E-state index contributed by atoms with van der Waals surface area (Å²) >= 11 is 0. The highest BCUT2D eigenvalue weighted by molar-refractivity contribution is 7.91. The fourth-order valence-electron chi connectivity index (χ4n) is 1.92. The van der Waals surface area contributed by atoms with Gasteiger partial charge in [0.15, 0.2) is 0 Å². The summed E-state index contributed by atoms with van der Waals surface area (Å²) < 4.78 is 48.9. The molecular formula is C10H16F2N2O3S. The van der Waals surface area contributed by atoms with Gasteiger partial charge in [-0.05, 0) is 32.1 Å². The van der Waals surface area contributed by atoms with Crippen molar-refractivity contribution in [3.63, 3.8) is 0 Å². The topological polar surface area (TPSA) is 89.3 Å². The lowest BCUT2D eigenvalue weighted by molar-refractivity contribution is -0.121. The van der Waals surface area contributed by atoms with Crippen LogP contribution in [0.5, 0.6) is 0 Å². The Morgan fingerprint density at radius 2 is 2.06 bits per heavy atom. The summed E-state index contributed by atoms with van der Waals surface area (Å²) in [5.74, 6) is -1.50. The standard InChI is InChI=1S/C10H16F2N2O3S/c1-9(2-3-9)18(16,17)14-8(15)10(13)5-6(10)4-7(11)12/h6-7H,2-5,13H2,1H3,(H,14,15). The number of alkyl halides is 2. The van der Waals surface area contributed by atoms with Crippen molar-refractivity contribution in [1.82, 2.24) is 4.72 Å².